The number of hydrogen-bond donors (Lipinski definition) is 2. The Hall–Kier alpha value is -2.51. The molecule has 1 amide bonds. The average molecular weight is 402 g/mol. The van der Waals surface area contributed by atoms with E-state index < -0.39 is 0 Å². The molecular weight excluding hydrogens is 378 g/mol. The van der Waals surface area contributed by atoms with Crippen LogP contribution in [0, 0.1) is 5.41 Å². The van der Waals surface area contributed by atoms with Crippen molar-refractivity contribution in [1.82, 2.24) is 9.88 Å². The number of benzene rings is 1. The number of hydrogen-bond acceptors (Lipinski definition) is 6. The fourth-order valence-electron chi connectivity index (χ4n) is 3.53. The van der Waals surface area contributed by atoms with Gasteiger partial charge in [0.15, 0.2) is 0 Å². The molecule has 1 aromatic carbocycles. The van der Waals surface area contributed by atoms with Crippen LogP contribution in [-0.2, 0) is 9.59 Å². The summed E-state index contributed by atoms with van der Waals surface area (Å²) in [7, 11) is 0. The van der Waals surface area contributed by atoms with Gasteiger partial charge in [-0.25, -0.2) is 0 Å². The van der Waals surface area contributed by atoms with Crippen LogP contribution in [0.4, 0.5) is 5.69 Å². The van der Waals surface area contributed by atoms with E-state index in [-0.39, 0.29) is 29.9 Å². The van der Waals surface area contributed by atoms with Gasteiger partial charge in [-0.05, 0) is 37.6 Å². The summed E-state index contributed by atoms with van der Waals surface area (Å²) in [4.78, 5) is 31.9. The molecule has 1 atom stereocenters. The van der Waals surface area contributed by atoms with Gasteiger partial charge in [-0.15, -0.1) is 0 Å². The van der Waals surface area contributed by atoms with Crippen LogP contribution in [0.25, 0.3) is 10.9 Å². The van der Waals surface area contributed by atoms with Gasteiger partial charge < -0.3 is 15.5 Å². The lowest BCUT2D eigenvalue weighted by Gasteiger charge is -2.37. The van der Waals surface area contributed by atoms with Gasteiger partial charge in [0.2, 0.25) is 0 Å². The Morgan fingerprint density at radius 3 is 2.61 bits per heavy atom. The minimum absolute atomic E-state index is 0.125. The number of piperazine rings is 1. The van der Waals surface area contributed by atoms with Crippen molar-refractivity contribution in [3.05, 3.63) is 35.0 Å². The van der Waals surface area contributed by atoms with E-state index in [4.69, 9.17) is 22.7 Å². The summed E-state index contributed by atoms with van der Waals surface area (Å²) in [6.07, 6.45) is 1.61. The van der Waals surface area contributed by atoms with Crippen molar-refractivity contribution in [2.24, 2.45) is 5.73 Å². The van der Waals surface area contributed by atoms with E-state index in [0.717, 1.165) is 22.2 Å². The number of fused-ring (bicyclic) bond motifs is 1. The molecule has 3 rings (SSSR count). The largest absolute Gasteiger partial charge is 0.366 e. The summed E-state index contributed by atoms with van der Waals surface area (Å²) in [5.41, 5.74) is 8.71. The minimum Gasteiger partial charge on any atom is -0.366 e. The van der Waals surface area contributed by atoms with Crippen molar-refractivity contribution in [1.29, 1.82) is 5.41 Å². The highest BCUT2D eigenvalue weighted by atomic mass is 35.5. The van der Waals surface area contributed by atoms with Crippen molar-refractivity contribution in [2.75, 3.05) is 31.1 Å². The molecule has 2 heterocycles. The SMILES string of the molecule is CC(=O)CC(=N)C(=O)N1CCN(c2c(C(C)N)cc(Cl)c3cccnc23)CC1. The quantitative estimate of drug-likeness (QED) is 0.749. The molecule has 0 aliphatic carbocycles. The molecule has 7 nitrogen and oxygen atoms in total. The molecular formula is C20H24ClN5O2. The number of pyridine rings is 1. The fourth-order valence-corrected chi connectivity index (χ4v) is 3.80. The smallest absolute Gasteiger partial charge is 0.268 e. The zero-order chi connectivity index (χ0) is 20.4. The lowest BCUT2D eigenvalue weighted by atomic mass is 10.0. The summed E-state index contributed by atoms with van der Waals surface area (Å²) in [5, 5.41) is 9.31. The maximum Gasteiger partial charge on any atom is 0.268 e. The number of amides is 1. The lowest BCUT2D eigenvalue weighted by Crippen LogP contribution is -2.51. The molecule has 3 N–H and O–H groups in total. The van der Waals surface area contributed by atoms with Crippen LogP contribution in [-0.4, -0.2) is 53.5 Å². The second-order valence-electron chi connectivity index (χ2n) is 7.12. The van der Waals surface area contributed by atoms with Gasteiger partial charge in [0, 0.05) is 43.8 Å². The highest BCUT2D eigenvalue weighted by Gasteiger charge is 2.27. The second kappa shape index (κ2) is 8.24. The van der Waals surface area contributed by atoms with Gasteiger partial charge in [0.25, 0.3) is 5.91 Å². The van der Waals surface area contributed by atoms with Crippen molar-refractivity contribution in [3.8, 4) is 0 Å². The third-order valence-electron chi connectivity index (χ3n) is 4.90. The predicted octanol–water partition coefficient (Wildman–Crippen LogP) is 2.56. The summed E-state index contributed by atoms with van der Waals surface area (Å²) < 4.78 is 0. The standard InChI is InChI=1S/C20H24ClN5O2/c1-12(27)10-17(23)20(28)26-8-6-25(7-9-26)19-15(13(2)22)11-16(21)14-4-3-5-24-18(14)19/h3-5,11,13,23H,6-10,22H2,1-2H3. The summed E-state index contributed by atoms with van der Waals surface area (Å²) in [5.74, 6) is -0.557. The molecule has 0 radical (unpaired) electrons. The zero-order valence-electron chi connectivity index (χ0n) is 16.0. The monoisotopic (exact) mass is 401 g/mol. The number of rotatable bonds is 5. The molecule has 1 aliphatic heterocycles. The molecule has 1 saturated heterocycles. The molecule has 1 fully saturated rings. The first kappa shape index (κ1) is 20.2. The van der Waals surface area contributed by atoms with Crippen LogP contribution in [0.1, 0.15) is 31.9 Å². The van der Waals surface area contributed by atoms with Gasteiger partial charge in [-0.2, -0.15) is 0 Å². The molecule has 1 aliphatic rings. The third kappa shape index (κ3) is 4.00. The molecule has 1 unspecified atom stereocenters. The number of aromatic nitrogens is 1. The summed E-state index contributed by atoms with van der Waals surface area (Å²) in [6.45, 7) is 5.40. The molecule has 1 aromatic heterocycles. The van der Waals surface area contributed by atoms with Crippen LogP contribution in [0.3, 0.4) is 0 Å². The molecule has 148 valence electrons. The Labute approximate surface area is 169 Å². The minimum atomic E-state index is -0.374. The molecule has 2 aromatic rings. The number of halogens is 1. The number of Topliss-reactive ketones (excluding diaryl/α,β-unsaturated/α-hetero) is 1. The van der Waals surface area contributed by atoms with Crippen LogP contribution < -0.4 is 10.6 Å². The van der Waals surface area contributed by atoms with E-state index in [1.807, 2.05) is 25.1 Å². The average Bonchev–Trinajstić information content (AvgIpc) is 2.67. The number of carbonyl (C=O) groups excluding carboxylic acids is 2. The molecule has 0 saturated carbocycles. The molecule has 28 heavy (non-hydrogen) atoms. The number of nitrogens with zero attached hydrogens (tertiary/aromatic N) is 3. The van der Waals surface area contributed by atoms with Crippen molar-refractivity contribution < 1.29 is 9.59 Å². The van der Waals surface area contributed by atoms with E-state index in [1.54, 1.807) is 11.1 Å². The number of anilines is 1. The van der Waals surface area contributed by atoms with E-state index in [1.165, 1.54) is 6.92 Å². The number of nitrogens with one attached hydrogen (secondary N) is 1. The fraction of sp³-hybridized carbons (Fsp3) is 0.400. The lowest BCUT2D eigenvalue weighted by molar-refractivity contribution is -0.125. The summed E-state index contributed by atoms with van der Waals surface area (Å²) in [6, 6.07) is 5.45. The van der Waals surface area contributed by atoms with E-state index in [9.17, 15) is 9.59 Å². The van der Waals surface area contributed by atoms with E-state index in [0.29, 0.717) is 31.2 Å². The van der Waals surface area contributed by atoms with Gasteiger partial charge in [-0.3, -0.25) is 20.0 Å². The zero-order valence-corrected chi connectivity index (χ0v) is 16.8. The van der Waals surface area contributed by atoms with E-state index in [2.05, 4.69) is 9.88 Å². The van der Waals surface area contributed by atoms with Crippen LogP contribution in [0.15, 0.2) is 24.4 Å². The van der Waals surface area contributed by atoms with Gasteiger partial charge in [0.1, 0.15) is 11.5 Å². The highest BCUT2D eigenvalue weighted by Crippen LogP contribution is 2.37. The molecule has 0 bridgehead atoms. The van der Waals surface area contributed by atoms with Crippen LogP contribution in [0.5, 0.6) is 0 Å². The van der Waals surface area contributed by atoms with Crippen LogP contribution >= 0.6 is 11.6 Å². The van der Waals surface area contributed by atoms with E-state index >= 15 is 0 Å². The Morgan fingerprint density at radius 2 is 2.00 bits per heavy atom. The first-order valence-corrected chi connectivity index (χ1v) is 9.61. The predicted molar refractivity (Wildman–Crippen MR) is 111 cm³/mol. The maximum atomic E-state index is 12.4. The Balaban J connectivity index is 1.86. The highest BCUT2D eigenvalue weighted by molar-refractivity contribution is 6.40. The van der Waals surface area contributed by atoms with Crippen molar-refractivity contribution >= 4 is 45.6 Å². The van der Waals surface area contributed by atoms with Crippen molar-refractivity contribution in [2.45, 2.75) is 26.3 Å². The van der Waals surface area contributed by atoms with Crippen LogP contribution in [0.2, 0.25) is 5.02 Å². The van der Waals surface area contributed by atoms with Gasteiger partial charge in [-0.1, -0.05) is 11.6 Å². The van der Waals surface area contributed by atoms with Crippen molar-refractivity contribution in [3.63, 3.8) is 0 Å². The number of nitrogens with two attached hydrogens (primary N) is 1. The topological polar surface area (TPSA) is 103 Å². The Bertz CT molecular complexity index is 936. The van der Waals surface area contributed by atoms with Gasteiger partial charge >= 0.3 is 0 Å². The normalized spacial score (nSPS) is 15.6. The Kier molecular flexibility index (Phi) is 5.96. The second-order valence-corrected chi connectivity index (χ2v) is 7.53. The first-order chi connectivity index (χ1) is 13.3. The first-order valence-electron chi connectivity index (χ1n) is 9.23. The maximum absolute atomic E-state index is 12.4. The summed E-state index contributed by atoms with van der Waals surface area (Å²) >= 11 is 6.44. The molecule has 0 spiro atoms. The third-order valence-corrected chi connectivity index (χ3v) is 5.22. The van der Waals surface area contributed by atoms with Gasteiger partial charge in [0.05, 0.1) is 22.6 Å². The number of carbonyl (C=O) groups is 2. The number of ketones is 1. The molecule has 8 heteroatoms. The Morgan fingerprint density at radius 1 is 1.32 bits per heavy atom.